The lowest BCUT2D eigenvalue weighted by atomic mass is 10.2. The largest absolute Gasteiger partial charge is 0.302 e. The normalized spacial score (nSPS) is 12.5. The number of hydrogen-bond acceptors (Lipinski definition) is 4. The first kappa shape index (κ1) is 13.8. The molecule has 108 valence electrons. The smallest absolute Gasteiger partial charge is 0.228 e. The number of nitrogens with one attached hydrogen (secondary N) is 1. The molecule has 1 N–H and O–H groups in total. The number of carbonyl (C=O) groups is 1. The van der Waals surface area contributed by atoms with Crippen LogP contribution < -0.4 is 5.32 Å². The quantitative estimate of drug-likeness (QED) is 0.803. The molecule has 6 heteroatoms. The van der Waals surface area contributed by atoms with Gasteiger partial charge in [0.1, 0.15) is 0 Å². The summed E-state index contributed by atoms with van der Waals surface area (Å²) in [4.78, 5) is 16.5. The van der Waals surface area contributed by atoms with Crippen molar-refractivity contribution in [3.05, 3.63) is 42.2 Å². The highest BCUT2D eigenvalue weighted by molar-refractivity contribution is 7.22. The summed E-state index contributed by atoms with van der Waals surface area (Å²) in [7, 11) is 0. The fourth-order valence-electron chi connectivity index (χ4n) is 2.16. The number of aromatic nitrogens is 3. The lowest BCUT2D eigenvalue weighted by molar-refractivity contribution is -0.116. The van der Waals surface area contributed by atoms with E-state index in [2.05, 4.69) is 21.5 Å². The number of nitrogens with zero attached hydrogens (tertiary/aromatic N) is 3. The maximum absolute atomic E-state index is 12.1. The predicted octanol–water partition coefficient (Wildman–Crippen LogP) is 3.39. The average molecular weight is 300 g/mol. The van der Waals surface area contributed by atoms with Gasteiger partial charge in [-0.3, -0.25) is 9.48 Å². The van der Waals surface area contributed by atoms with Gasteiger partial charge in [0.15, 0.2) is 5.13 Å². The lowest BCUT2D eigenvalue weighted by Gasteiger charge is -2.10. The van der Waals surface area contributed by atoms with E-state index in [1.807, 2.05) is 38.2 Å². The van der Waals surface area contributed by atoms with E-state index in [9.17, 15) is 4.79 Å². The third-order valence-corrected chi connectivity index (χ3v) is 4.18. The van der Waals surface area contributed by atoms with Gasteiger partial charge >= 0.3 is 0 Å². The molecule has 0 aliphatic heterocycles. The van der Waals surface area contributed by atoms with Gasteiger partial charge in [-0.15, -0.1) is 0 Å². The Kier molecular flexibility index (Phi) is 3.70. The van der Waals surface area contributed by atoms with Crippen LogP contribution in [0.3, 0.4) is 0 Å². The molecule has 0 unspecified atom stereocenters. The van der Waals surface area contributed by atoms with Gasteiger partial charge in [0, 0.05) is 18.8 Å². The number of anilines is 1. The second kappa shape index (κ2) is 5.65. The zero-order valence-electron chi connectivity index (χ0n) is 11.9. The molecule has 0 aliphatic rings. The molecule has 1 aromatic carbocycles. The number of rotatable bonds is 4. The molecular weight excluding hydrogens is 284 g/mol. The summed E-state index contributed by atoms with van der Waals surface area (Å²) in [6.07, 6.45) is 3.94. The standard InChI is InChI=1S/C15H16N4OS/c1-10-4-5-12-13(8-10)21-15(17-12)18-14(20)9-11(2)19-7-3-6-16-19/h3-8,11H,9H2,1-2H3,(H,17,18,20)/t11-/m1/s1. The van der Waals surface area contributed by atoms with E-state index >= 15 is 0 Å². The highest BCUT2D eigenvalue weighted by Crippen LogP contribution is 2.27. The van der Waals surface area contributed by atoms with E-state index in [4.69, 9.17) is 0 Å². The van der Waals surface area contributed by atoms with E-state index in [1.54, 1.807) is 10.9 Å². The number of benzene rings is 1. The Labute approximate surface area is 126 Å². The number of amides is 1. The van der Waals surface area contributed by atoms with Gasteiger partial charge in [0.2, 0.25) is 5.91 Å². The van der Waals surface area contributed by atoms with E-state index in [-0.39, 0.29) is 11.9 Å². The molecule has 2 heterocycles. The minimum absolute atomic E-state index is 0.0247. The van der Waals surface area contributed by atoms with Gasteiger partial charge in [-0.25, -0.2) is 4.98 Å². The molecule has 3 aromatic rings. The minimum atomic E-state index is -0.0474. The number of aryl methyl sites for hydroxylation is 1. The highest BCUT2D eigenvalue weighted by Gasteiger charge is 2.13. The Balaban J connectivity index is 1.68. The molecule has 3 rings (SSSR count). The van der Waals surface area contributed by atoms with Crippen molar-refractivity contribution in [1.82, 2.24) is 14.8 Å². The molecule has 1 amide bonds. The molecular formula is C15H16N4OS. The van der Waals surface area contributed by atoms with E-state index in [0.717, 1.165) is 10.2 Å². The second-order valence-corrected chi connectivity index (χ2v) is 6.11. The van der Waals surface area contributed by atoms with Crippen molar-refractivity contribution in [3.8, 4) is 0 Å². The van der Waals surface area contributed by atoms with Crippen molar-refractivity contribution >= 4 is 32.6 Å². The van der Waals surface area contributed by atoms with Crippen LogP contribution in [-0.4, -0.2) is 20.7 Å². The number of thiazole rings is 1. The Morgan fingerprint density at radius 2 is 2.33 bits per heavy atom. The first-order valence-corrected chi connectivity index (χ1v) is 7.59. The Morgan fingerprint density at radius 3 is 3.10 bits per heavy atom. The Hall–Kier alpha value is -2.21. The van der Waals surface area contributed by atoms with Gasteiger partial charge < -0.3 is 5.32 Å². The molecule has 0 spiro atoms. The van der Waals surface area contributed by atoms with Gasteiger partial charge in [-0.1, -0.05) is 17.4 Å². The topological polar surface area (TPSA) is 59.8 Å². The van der Waals surface area contributed by atoms with Crippen molar-refractivity contribution in [3.63, 3.8) is 0 Å². The van der Waals surface area contributed by atoms with Crippen molar-refractivity contribution in [2.24, 2.45) is 0 Å². The first-order chi connectivity index (χ1) is 10.1. The van der Waals surface area contributed by atoms with Crippen molar-refractivity contribution < 1.29 is 4.79 Å². The van der Waals surface area contributed by atoms with Gasteiger partial charge in [-0.05, 0) is 37.6 Å². The summed E-state index contributed by atoms with van der Waals surface area (Å²) in [6, 6.07) is 7.95. The monoisotopic (exact) mass is 300 g/mol. The molecule has 0 fully saturated rings. The van der Waals surface area contributed by atoms with E-state index < -0.39 is 0 Å². The fourth-order valence-corrected chi connectivity index (χ4v) is 3.14. The second-order valence-electron chi connectivity index (χ2n) is 5.08. The van der Waals surface area contributed by atoms with Crippen LogP contribution in [-0.2, 0) is 4.79 Å². The number of hydrogen-bond donors (Lipinski definition) is 1. The van der Waals surface area contributed by atoms with Gasteiger partial charge in [0.05, 0.1) is 16.3 Å². The van der Waals surface area contributed by atoms with Crippen LogP contribution in [0.1, 0.15) is 24.9 Å². The third-order valence-electron chi connectivity index (χ3n) is 3.25. The van der Waals surface area contributed by atoms with Crippen LogP contribution in [0, 0.1) is 6.92 Å². The summed E-state index contributed by atoms with van der Waals surface area (Å²) in [5.74, 6) is -0.0474. The first-order valence-electron chi connectivity index (χ1n) is 6.78. The Bertz CT molecular complexity index is 763. The van der Waals surface area contributed by atoms with Crippen LogP contribution >= 0.6 is 11.3 Å². The molecule has 5 nitrogen and oxygen atoms in total. The van der Waals surface area contributed by atoms with Crippen LogP contribution in [0.4, 0.5) is 5.13 Å². The van der Waals surface area contributed by atoms with Gasteiger partial charge in [-0.2, -0.15) is 5.10 Å². The summed E-state index contributed by atoms with van der Waals surface area (Å²) in [5.41, 5.74) is 2.11. The molecule has 0 saturated carbocycles. The molecule has 2 aromatic heterocycles. The molecule has 0 aliphatic carbocycles. The summed E-state index contributed by atoms with van der Waals surface area (Å²) in [5, 5.41) is 7.66. The number of fused-ring (bicyclic) bond motifs is 1. The third kappa shape index (κ3) is 3.11. The maximum Gasteiger partial charge on any atom is 0.228 e. The predicted molar refractivity (Wildman–Crippen MR) is 84.5 cm³/mol. The van der Waals surface area contributed by atoms with Crippen LogP contribution in [0.2, 0.25) is 0 Å². The summed E-state index contributed by atoms with van der Waals surface area (Å²) in [6.45, 7) is 4.01. The zero-order chi connectivity index (χ0) is 14.8. The Morgan fingerprint density at radius 1 is 1.48 bits per heavy atom. The van der Waals surface area contributed by atoms with Gasteiger partial charge in [0.25, 0.3) is 0 Å². The van der Waals surface area contributed by atoms with Crippen LogP contribution in [0.25, 0.3) is 10.2 Å². The van der Waals surface area contributed by atoms with E-state index in [0.29, 0.717) is 11.6 Å². The molecule has 0 radical (unpaired) electrons. The van der Waals surface area contributed by atoms with Crippen LogP contribution in [0.15, 0.2) is 36.7 Å². The summed E-state index contributed by atoms with van der Waals surface area (Å²) < 4.78 is 2.87. The molecule has 21 heavy (non-hydrogen) atoms. The maximum atomic E-state index is 12.1. The number of carbonyl (C=O) groups excluding carboxylic acids is 1. The van der Waals surface area contributed by atoms with E-state index in [1.165, 1.54) is 16.9 Å². The molecule has 0 saturated heterocycles. The van der Waals surface area contributed by atoms with Crippen molar-refractivity contribution in [1.29, 1.82) is 0 Å². The lowest BCUT2D eigenvalue weighted by Crippen LogP contribution is -2.17. The molecule has 1 atom stereocenters. The SMILES string of the molecule is Cc1ccc2nc(NC(=O)C[C@@H](C)n3cccn3)sc2c1. The average Bonchev–Trinajstić information content (AvgIpc) is 3.06. The zero-order valence-corrected chi connectivity index (χ0v) is 12.7. The molecule has 0 bridgehead atoms. The van der Waals surface area contributed by atoms with Crippen molar-refractivity contribution in [2.45, 2.75) is 26.3 Å². The summed E-state index contributed by atoms with van der Waals surface area (Å²) >= 11 is 1.50. The highest BCUT2D eigenvalue weighted by atomic mass is 32.1. The fraction of sp³-hybridized carbons (Fsp3) is 0.267. The minimum Gasteiger partial charge on any atom is -0.302 e. The van der Waals surface area contributed by atoms with Crippen molar-refractivity contribution in [2.75, 3.05) is 5.32 Å². The van der Waals surface area contributed by atoms with Crippen LogP contribution in [0.5, 0.6) is 0 Å².